The standard InChI is InChI=1S/C32H36N2O2/c1-3-33-32(35)26-13-11-25(12-14-26)31(24-7-5-4-6-8-24)27-21-28-15-16-29(22-27)34(28)20-19-23-9-17-30(36-2)18-10-23/h4-14,17-18,28-29H,3,15-16,19-22H2,1-2H3,(H,33,35). The first-order chi connectivity index (χ1) is 17.7. The summed E-state index contributed by atoms with van der Waals surface area (Å²) in [5.74, 6) is 0.903. The van der Waals surface area contributed by atoms with Crippen LogP contribution in [0.5, 0.6) is 5.75 Å². The first-order valence-corrected chi connectivity index (χ1v) is 13.2. The van der Waals surface area contributed by atoms with Crippen LogP contribution in [0.4, 0.5) is 0 Å². The Morgan fingerprint density at radius 1 is 0.861 bits per heavy atom. The van der Waals surface area contributed by atoms with E-state index >= 15 is 0 Å². The number of ether oxygens (including phenoxy) is 1. The van der Waals surface area contributed by atoms with Gasteiger partial charge in [0.2, 0.25) is 0 Å². The van der Waals surface area contributed by atoms with Gasteiger partial charge in [0.15, 0.2) is 0 Å². The number of carbonyl (C=O) groups is 1. The van der Waals surface area contributed by atoms with Gasteiger partial charge in [-0.3, -0.25) is 9.69 Å². The Labute approximate surface area is 215 Å². The van der Waals surface area contributed by atoms with Crippen molar-refractivity contribution in [2.75, 3.05) is 20.2 Å². The van der Waals surface area contributed by atoms with E-state index in [1.54, 1.807) is 12.7 Å². The molecule has 0 aliphatic carbocycles. The molecule has 2 unspecified atom stereocenters. The molecule has 5 rings (SSSR count). The minimum Gasteiger partial charge on any atom is -0.497 e. The monoisotopic (exact) mass is 480 g/mol. The highest BCUT2D eigenvalue weighted by Crippen LogP contribution is 2.43. The van der Waals surface area contributed by atoms with Crippen LogP contribution in [0, 0.1) is 0 Å². The number of nitrogens with one attached hydrogen (secondary N) is 1. The highest BCUT2D eigenvalue weighted by molar-refractivity contribution is 5.95. The quantitative estimate of drug-likeness (QED) is 0.423. The predicted octanol–water partition coefficient (Wildman–Crippen LogP) is 6.12. The molecule has 2 saturated heterocycles. The Hall–Kier alpha value is -3.37. The lowest BCUT2D eigenvalue weighted by atomic mass is 9.85. The van der Waals surface area contributed by atoms with Gasteiger partial charge in [-0.05, 0) is 85.6 Å². The molecule has 4 heteroatoms. The largest absolute Gasteiger partial charge is 0.497 e. The van der Waals surface area contributed by atoms with Crippen LogP contribution >= 0.6 is 0 Å². The minimum absolute atomic E-state index is 0.0128. The highest BCUT2D eigenvalue weighted by atomic mass is 16.5. The van der Waals surface area contributed by atoms with E-state index in [1.807, 2.05) is 19.1 Å². The smallest absolute Gasteiger partial charge is 0.251 e. The van der Waals surface area contributed by atoms with Gasteiger partial charge in [-0.1, -0.05) is 60.2 Å². The zero-order valence-electron chi connectivity index (χ0n) is 21.4. The van der Waals surface area contributed by atoms with Crippen LogP contribution in [0.15, 0.2) is 84.4 Å². The van der Waals surface area contributed by atoms with Gasteiger partial charge in [-0.2, -0.15) is 0 Å². The number of hydrogen-bond donors (Lipinski definition) is 1. The first-order valence-electron chi connectivity index (χ1n) is 13.2. The molecule has 0 aromatic heterocycles. The fourth-order valence-electron chi connectivity index (χ4n) is 5.96. The van der Waals surface area contributed by atoms with Crippen molar-refractivity contribution in [3.63, 3.8) is 0 Å². The lowest BCUT2D eigenvalue weighted by Crippen LogP contribution is -2.41. The second kappa shape index (κ2) is 11.1. The summed E-state index contributed by atoms with van der Waals surface area (Å²) < 4.78 is 5.31. The van der Waals surface area contributed by atoms with Crippen molar-refractivity contribution < 1.29 is 9.53 Å². The minimum atomic E-state index is -0.0128. The zero-order valence-corrected chi connectivity index (χ0v) is 21.4. The Morgan fingerprint density at radius 3 is 2.08 bits per heavy atom. The number of amides is 1. The summed E-state index contributed by atoms with van der Waals surface area (Å²) in [6, 6.07) is 28.6. The average Bonchev–Trinajstić information content (AvgIpc) is 3.16. The van der Waals surface area contributed by atoms with Crippen molar-refractivity contribution >= 4 is 11.5 Å². The summed E-state index contributed by atoms with van der Waals surface area (Å²) in [5, 5.41) is 2.90. The number of nitrogens with zero attached hydrogens (tertiary/aromatic N) is 1. The van der Waals surface area contributed by atoms with E-state index in [4.69, 9.17) is 4.74 Å². The van der Waals surface area contributed by atoms with E-state index < -0.39 is 0 Å². The van der Waals surface area contributed by atoms with Crippen LogP contribution in [0.25, 0.3) is 5.57 Å². The lowest BCUT2D eigenvalue weighted by Gasteiger charge is -2.37. The van der Waals surface area contributed by atoms with E-state index in [2.05, 4.69) is 76.9 Å². The van der Waals surface area contributed by atoms with Crippen LogP contribution < -0.4 is 10.1 Å². The maximum atomic E-state index is 12.3. The molecule has 3 aromatic carbocycles. The molecule has 186 valence electrons. The molecule has 2 heterocycles. The maximum absolute atomic E-state index is 12.3. The van der Waals surface area contributed by atoms with Crippen LogP contribution in [0.3, 0.4) is 0 Å². The fourth-order valence-corrected chi connectivity index (χ4v) is 5.96. The molecule has 0 saturated carbocycles. The average molecular weight is 481 g/mol. The summed E-state index contributed by atoms with van der Waals surface area (Å²) in [6.45, 7) is 3.69. The fraction of sp³-hybridized carbons (Fsp3) is 0.344. The summed E-state index contributed by atoms with van der Waals surface area (Å²) in [7, 11) is 1.72. The van der Waals surface area contributed by atoms with Gasteiger partial charge in [0.25, 0.3) is 5.91 Å². The molecule has 1 amide bonds. The normalized spacial score (nSPS) is 19.2. The molecule has 2 aliphatic heterocycles. The first kappa shape index (κ1) is 24.3. The highest BCUT2D eigenvalue weighted by Gasteiger charge is 2.39. The topological polar surface area (TPSA) is 41.6 Å². The van der Waals surface area contributed by atoms with Gasteiger partial charge in [-0.15, -0.1) is 0 Å². The van der Waals surface area contributed by atoms with Crippen molar-refractivity contribution in [3.05, 3.63) is 107 Å². The number of carbonyl (C=O) groups excluding carboxylic acids is 1. The molecule has 2 fully saturated rings. The second-order valence-corrected chi connectivity index (χ2v) is 9.91. The molecule has 4 nitrogen and oxygen atoms in total. The second-order valence-electron chi connectivity index (χ2n) is 9.91. The molecular formula is C32H36N2O2. The van der Waals surface area contributed by atoms with Gasteiger partial charge in [0.1, 0.15) is 5.75 Å². The summed E-state index contributed by atoms with van der Waals surface area (Å²) >= 11 is 0. The molecular weight excluding hydrogens is 444 g/mol. The van der Waals surface area contributed by atoms with Crippen molar-refractivity contribution in [2.24, 2.45) is 0 Å². The van der Waals surface area contributed by atoms with Crippen LogP contribution in [-0.4, -0.2) is 43.1 Å². The van der Waals surface area contributed by atoms with Crippen molar-refractivity contribution in [2.45, 2.75) is 51.1 Å². The molecule has 2 bridgehead atoms. The number of benzene rings is 3. The third-order valence-corrected chi connectivity index (χ3v) is 7.74. The number of hydrogen-bond acceptors (Lipinski definition) is 3. The molecule has 3 aromatic rings. The molecule has 0 radical (unpaired) electrons. The predicted molar refractivity (Wildman–Crippen MR) is 146 cm³/mol. The van der Waals surface area contributed by atoms with Crippen LogP contribution in [0.2, 0.25) is 0 Å². The van der Waals surface area contributed by atoms with Gasteiger partial charge in [-0.25, -0.2) is 0 Å². The van der Waals surface area contributed by atoms with Crippen molar-refractivity contribution in [1.29, 1.82) is 0 Å². The number of rotatable bonds is 8. The number of piperidine rings is 1. The SMILES string of the molecule is CCNC(=O)c1ccc(C(=C2CC3CCC(C2)N3CCc2ccc(OC)cc2)c2ccccc2)cc1. The van der Waals surface area contributed by atoms with Crippen molar-refractivity contribution in [3.8, 4) is 5.75 Å². The molecule has 2 atom stereocenters. The summed E-state index contributed by atoms with van der Waals surface area (Å²) in [4.78, 5) is 15.0. The Kier molecular flexibility index (Phi) is 7.52. The van der Waals surface area contributed by atoms with Gasteiger partial charge in [0.05, 0.1) is 7.11 Å². The third-order valence-electron chi connectivity index (χ3n) is 7.74. The summed E-state index contributed by atoms with van der Waals surface area (Å²) in [6.07, 6.45) is 5.84. The molecule has 36 heavy (non-hydrogen) atoms. The van der Waals surface area contributed by atoms with E-state index in [9.17, 15) is 4.79 Å². The number of fused-ring (bicyclic) bond motifs is 2. The Bertz CT molecular complexity index is 1180. The van der Waals surface area contributed by atoms with Gasteiger partial charge >= 0.3 is 0 Å². The summed E-state index contributed by atoms with van der Waals surface area (Å²) in [5.41, 5.74) is 7.46. The van der Waals surface area contributed by atoms with Crippen LogP contribution in [-0.2, 0) is 6.42 Å². The van der Waals surface area contributed by atoms with E-state index in [0.717, 1.165) is 31.6 Å². The van der Waals surface area contributed by atoms with Crippen LogP contribution in [0.1, 0.15) is 59.7 Å². The van der Waals surface area contributed by atoms with Crippen molar-refractivity contribution in [1.82, 2.24) is 10.2 Å². The molecule has 0 spiro atoms. The molecule has 1 N–H and O–H groups in total. The Balaban J connectivity index is 1.38. The third kappa shape index (κ3) is 5.24. The number of methoxy groups -OCH3 is 1. The maximum Gasteiger partial charge on any atom is 0.251 e. The Morgan fingerprint density at radius 2 is 1.47 bits per heavy atom. The zero-order chi connectivity index (χ0) is 24.9. The van der Waals surface area contributed by atoms with E-state index in [-0.39, 0.29) is 5.91 Å². The van der Waals surface area contributed by atoms with E-state index in [0.29, 0.717) is 24.2 Å². The van der Waals surface area contributed by atoms with Gasteiger partial charge < -0.3 is 10.1 Å². The van der Waals surface area contributed by atoms with Gasteiger partial charge in [0, 0.05) is 30.7 Å². The lowest BCUT2D eigenvalue weighted by molar-refractivity contribution is 0.0956. The van der Waals surface area contributed by atoms with E-state index in [1.165, 1.54) is 35.1 Å². The molecule has 2 aliphatic rings.